The van der Waals surface area contributed by atoms with Crippen LogP contribution in [0.15, 0.2) is 24.3 Å². The van der Waals surface area contributed by atoms with E-state index in [9.17, 15) is 14.7 Å². The Morgan fingerprint density at radius 1 is 1.33 bits per heavy atom. The fraction of sp³-hybridized carbons (Fsp3) is 0.467. The van der Waals surface area contributed by atoms with E-state index in [-0.39, 0.29) is 12.5 Å². The van der Waals surface area contributed by atoms with Crippen LogP contribution in [0.2, 0.25) is 5.02 Å². The number of benzene rings is 1. The van der Waals surface area contributed by atoms with Crippen molar-refractivity contribution >= 4 is 23.5 Å². The first-order valence-electron chi connectivity index (χ1n) is 6.95. The van der Waals surface area contributed by atoms with E-state index in [1.54, 1.807) is 31.2 Å². The number of nitrogens with zero attached hydrogens (tertiary/aromatic N) is 1. The summed E-state index contributed by atoms with van der Waals surface area (Å²) in [6, 6.07) is 6.22. The minimum Gasteiger partial charge on any atom is -0.387 e. The maximum Gasteiger partial charge on any atom is 0.325 e. The molecule has 2 unspecified atom stereocenters. The summed E-state index contributed by atoms with van der Waals surface area (Å²) in [5, 5.41) is 13.5. The zero-order chi connectivity index (χ0) is 15.6. The molecular weight excluding hydrogens is 292 g/mol. The minimum absolute atomic E-state index is 0.0639. The van der Waals surface area contributed by atoms with Crippen molar-refractivity contribution < 1.29 is 14.7 Å². The Balaban J connectivity index is 2.10. The first-order chi connectivity index (χ1) is 9.87. The number of urea groups is 1. The van der Waals surface area contributed by atoms with Gasteiger partial charge in [-0.05, 0) is 31.0 Å². The van der Waals surface area contributed by atoms with E-state index >= 15 is 0 Å². The maximum atomic E-state index is 12.4. The molecule has 1 aromatic rings. The molecular formula is C15H19ClN2O3. The van der Waals surface area contributed by atoms with Crippen LogP contribution in [-0.2, 0) is 4.79 Å². The highest BCUT2D eigenvalue weighted by molar-refractivity contribution is 6.30. The summed E-state index contributed by atoms with van der Waals surface area (Å²) in [6.45, 7) is 3.60. The summed E-state index contributed by atoms with van der Waals surface area (Å²) >= 11 is 5.79. The number of imide groups is 1. The van der Waals surface area contributed by atoms with Crippen LogP contribution in [0.4, 0.5) is 4.79 Å². The number of β-amino-alcohol motifs (C(OH)–C–C–N with tert-alkyl or cyclic N) is 1. The number of carbonyl (C=O) groups is 2. The lowest BCUT2D eigenvalue weighted by atomic mass is 9.96. The quantitative estimate of drug-likeness (QED) is 0.821. The molecule has 0 radical (unpaired) electrons. The van der Waals surface area contributed by atoms with Crippen molar-refractivity contribution in [2.24, 2.45) is 0 Å². The molecule has 0 saturated carbocycles. The van der Waals surface area contributed by atoms with Crippen molar-refractivity contribution in [3.63, 3.8) is 0 Å². The summed E-state index contributed by atoms with van der Waals surface area (Å²) in [5.74, 6) is -0.289. The van der Waals surface area contributed by atoms with Crippen LogP contribution in [0.3, 0.4) is 0 Å². The molecule has 1 aliphatic heterocycles. The topological polar surface area (TPSA) is 69.6 Å². The van der Waals surface area contributed by atoms with Crippen LogP contribution in [0, 0.1) is 0 Å². The van der Waals surface area contributed by atoms with Crippen molar-refractivity contribution in [1.82, 2.24) is 10.2 Å². The fourth-order valence-electron chi connectivity index (χ4n) is 2.55. The summed E-state index contributed by atoms with van der Waals surface area (Å²) < 4.78 is 0. The number of amides is 3. The van der Waals surface area contributed by atoms with Crippen LogP contribution in [0.25, 0.3) is 0 Å². The molecule has 1 heterocycles. The van der Waals surface area contributed by atoms with Crippen molar-refractivity contribution in [3.05, 3.63) is 34.9 Å². The van der Waals surface area contributed by atoms with Gasteiger partial charge in [0.15, 0.2) is 0 Å². The van der Waals surface area contributed by atoms with Gasteiger partial charge < -0.3 is 10.4 Å². The standard InChI is InChI=1S/C15H19ClN2O3/c1-3-8-15(2)13(20)18(14(21)17-15)9-12(19)10-4-6-11(16)7-5-10/h4-7,12,19H,3,8-9H2,1-2H3,(H,17,21). The molecule has 21 heavy (non-hydrogen) atoms. The number of aliphatic hydroxyl groups excluding tert-OH is 1. The Morgan fingerprint density at radius 3 is 2.52 bits per heavy atom. The molecule has 2 N–H and O–H groups in total. The molecule has 0 bridgehead atoms. The molecule has 6 heteroatoms. The third-order valence-electron chi connectivity index (χ3n) is 3.71. The normalized spacial score (nSPS) is 23.3. The van der Waals surface area contributed by atoms with Crippen LogP contribution < -0.4 is 5.32 Å². The van der Waals surface area contributed by atoms with Crippen molar-refractivity contribution in [1.29, 1.82) is 0 Å². The van der Waals surface area contributed by atoms with E-state index in [0.29, 0.717) is 17.0 Å². The molecule has 1 aliphatic rings. The van der Waals surface area contributed by atoms with E-state index in [1.165, 1.54) is 0 Å². The third kappa shape index (κ3) is 3.19. The van der Waals surface area contributed by atoms with Crippen LogP contribution >= 0.6 is 11.6 Å². The Bertz CT molecular complexity index is 546. The lowest BCUT2D eigenvalue weighted by Crippen LogP contribution is -2.44. The summed E-state index contributed by atoms with van der Waals surface area (Å²) in [6.07, 6.45) is 0.433. The number of aliphatic hydroxyl groups is 1. The van der Waals surface area contributed by atoms with Gasteiger partial charge in [-0.1, -0.05) is 37.1 Å². The van der Waals surface area contributed by atoms with Gasteiger partial charge in [0.05, 0.1) is 12.6 Å². The zero-order valence-electron chi connectivity index (χ0n) is 12.1. The predicted octanol–water partition coefficient (Wildman–Crippen LogP) is 2.48. The Kier molecular flexibility index (Phi) is 4.54. The third-order valence-corrected chi connectivity index (χ3v) is 3.96. The molecule has 2 atom stereocenters. The van der Waals surface area contributed by atoms with Gasteiger partial charge in [-0.2, -0.15) is 0 Å². The van der Waals surface area contributed by atoms with Crippen LogP contribution in [-0.4, -0.2) is 34.0 Å². The highest BCUT2D eigenvalue weighted by atomic mass is 35.5. The van der Waals surface area contributed by atoms with E-state index in [2.05, 4.69) is 5.32 Å². The Labute approximate surface area is 128 Å². The fourth-order valence-corrected chi connectivity index (χ4v) is 2.67. The van der Waals surface area contributed by atoms with Gasteiger partial charge in [0, 0.05) is 5.02 Å². The molecule has 114 valence electrons. The molecule has 3 amide bonds. The molecule has 1 fully saturated rings. The second kappa shape index (κ2) is 6.03. The lowest BCUT2D eigenvalue weighted by molar-refractivity contribution is -0.132. The average Bonchev–Trinajstić information content (AvgIpc) is 2.63. The molecule has 2 rings (SSSR count). The monoisotopic (exact) mass is 310 g/mol. The van der Waals surface area contributed by atoms with Gasteiger partial charge in [-0.3, -0.25) is 9.69 Å². The first-order valence-corrected chi connectivity index (χ1v) is 7.33. The SMILES string of the molecule is CCCC1(C)NC(=O)N(CC(O)c2ccc(Cl)cc2)C1=O. The van der Waals surface area contributed by atoms with Crippen LogP contribution in [0.1, 0.15) is 38.4 Å². The summed E-state index contributed by atoms with van der Waals surface area (Å²) in [5.41, 5.74) is -0.255. The van der Waals surface area contributed by atoms with Gasteiger partial charge in [-0.25, -0.2) is 4.79 Å². The number of halogens is 1. The van der Waals surface area contributed by atoms with Gasteiger partial charge >= 0.3 is 6.03 Å². The summed E-state index contributed by atoms with van der Waals surface area (Å²) in [4.78, 5) is 25.4. The minimum atomic E-state index is -0.930. The largest absolute Gasteiger partial charge is 0.387 e. The van der Waals surface area contributed by atoms with Gasteiger partial charge in [0.2, 0.25) is 0 Å². The van der Waals surface area contributed by atoms with Crippen molar-refractivity contribution in [2.75, 3.05) is 6.54 Å². The maximum absolute atomic E-state index is 12.4. The average molecular weight is 311 g/mol. The van der Waals surface area contributed by atoms with E-state index < -0.39 is 17.7 Å². The number of nitrogens with one attached hydrogen (secondary N) is 1. The molecule has 1 saturated heterocycles. The van der Waals surface area contributed by atoms with Gasteiger partial charge in [0.25, 0.3) is 5.91 Å². The number of rotatable bonds is 5. The molecule has 5 nitrogen and oxygen atoms in total. The van der Waals surface area contributed by atoms with E-state index in [4.69, 9.17) is 11.6 Å². The predicted molar refractivity (Wildman–Crippen MR) is 80.0 cm³/mol. The molecule has 1 aromatic carbocycles. The van der Waals surface area contributed by atoms with Crippen LogP contribution in [0.5, 0.6) is 0 Å². The zero-order valence-corrected chi connectivity index (χ0v) is 12.9. The van der Waals surface area contributed by atoms with E-state index in [0.717, 1.165) is 11.3 Å². The lowest BCUT2D eigenvalue weighted by Gasteiger charge is -2.22. The molecule has 0 aromatic heterocycles. The highest BCUT2D eigenvalue weighted by Gasteiger charge is 2.47. The second-order valence-electron chi connectivity index (χ2n) is 5.50. The summed E-state index contributed by atoms with van der Waals surface area (Å²) in [7, 11) is 0. The van der Waals surface area contributed by atoms with E-state index in [1.807, 2.05) is 6.92 Å². The Morgan fingerprint density at radius 2 is 1.95 bits per heavy atom. The van der Waals surface area contributed by atoms with Gasteiger partial charge in [0.1, 0.15) is 5.54 Å². The smallest absolute Gasteiger partial charge is 0.325 e. The molecule has 0 aliphatic carbocycles. The van der Waals surface area contributed by atoms with Crippen molar-refractivity contribution in [2.45, 2.75) is 38.3 Å². The number of hydrogen-bond donors (Lipinski definition) is 2. The Hall–Kier alpha value is -1.59. The van der Waals surface area contributed by atoms with Crippen molar-refractivity contribution in [3.8, 4) is 0 Å². The number of hydrogen-bond acceptors (Lipinski definition) is 3. The first kappa shape index (κ1) is 15.8. The van der Waals surface area contributed by atoms with Gasteiger partial charge in [-0.15, -0.1) is 0 Å². The second-order valence-corrected chi connectivity index (χ2v) is 5.93. The molecule has 0 spiro atoms. The highest BCUT2D eigenvalue weighted by Crippen LogP contribution is 2.25. The number of carbonyl (C=O) groups excluding carboxylic acids is 2.